The zero-order valence-corrected chi connectivity index (χ0v) is 11.8. The van der Waals surface area contributed by atoms with Crippen LogP contribution in [0.2, 0.25) is 0 Å². The normalized spacial score (nSPS) is 27.1. The summed E-state index contributed by atoms with van der Waals surface area (Å²) < 4.78 is 0. The molecule has 2 saturated carbocycles. The van der Waals surface area contributed by atoms with E-state index >= 15 is 0 Å². The summed E-state index contributed by atoms with van der Waals surface area (Å²) in [5.41, 5.74) is 3.22. The molecule has 2 fully saturated rings. The van der Waals surface area contributed by atoms with Crippen LogP contribution in [-0.4, -0.2) is 28.7 Å². The highest BCUT2D eigenvalue weighted by atomic mass is 16.2. The third-order valence-electron chi connectivity index (χ3n) is 5.37. The first-order chi connectivity index (χ1) is 9.78. The van der Waals surface area contributed by atoms with Gasteiger partial charge in [-0.15, -0.1) is 0 Å². The van der Waals surface area contributed by atoms with Gasteiger partial charge in [-0.1, -0.05) is 19.3 Å². The summed E-state index contributed by atoms with van der Waals surface area (Å²) in [6.45, 7) is 1.71. The van der Waals surface area contributed by atoms with Gasteiger partial charge in [0.05, 0.1) is 0 Å². The number of carbonyl (C=O) groups excluding carboxylic acids is 1. The zero-order valence-electron chi connectivity index (χ0n) is 11.8. The molecule has 0 aromatic carbocycles. The summed E-state index contributed by atoms with van der Waals surface area (Å²) in [6, 6.07) is 0.388. The minimum absolute atomic E-state index is 0.0126. The van der Waals surface area contributed by atoms with Crippen molar-refractivity contribution in [3.8, 4) is 0 Å². The molecule has 1 spiro atoms. The Hall–Kier alpha value is -1.36. The van der Waals surface area contributed by atoms with Gasteiger partial charge in [0, 0.05) is 36.8 Å². The molecular weight excluding hydrogens is 252 g/mol. The van der Waals surface area contributed by atoms with Crippen molar-refractivity contribution < 1.29 is 4.79 Å². The number of aromatic amines is 1. The molecule has 4 rings (SSSR count). The monoisotopic (exact) mass is 274 g/mol. The van der Waals surface area contributed by atoms with E-state index in [2.05, 4.69) is 20.8 Å². The summed E-state index contributed by atoms with van der Waals surface area (Å²) in [5, 5.41) is 13.8. The van der Waals surface area contributed by atoms with Crippen molar-refractivity contribution in [2.24, 2.45) is 5.41 Å². The molecule has 3 aliphatic rings. The van der Waals surface area contributed by atoms with E-state index in [4.69, 9.17) is 0 Å². The zero-order chi connectivity index (χ0) is 13.6. The predicted molar refractivity (Wildman–Crippen MR) is 75.4 cm³/mol. The molecule has 1 atom stereocenters. The van der Waals surface area contributed by atoms with E-state index in [1.807, 2.05) is 0 Å². The molecule has 2 heterocycles. The van der Waals surface area contributed by atoms with Crippen LogP contribution in [0, 0.1) is 5.41 Å². The molecule has 1 aromatic heterocycles. The Morgan fingerprint density at radius 3 is 3.00 bits per heavy atom. The smallest absolute Gasteiger partial charge is 0.272 e. The van der Waals surface area contributed by atoms with Gasteiger partial charge in [-0.25, -0.2) is 0 Å². The quantitative estimate of drug-likeness (QED) is 0.765. The van der Waals surface area contributed by atoms with E-state index < -0.39 is 0 Å². The van der Waals surface area contributed by atoms with Crippen LogP contribution >= 0.6 is 0 Å². The number of fused-ring (bicyclic) bond motifs is 1. The second-order valence-electron chi connectivity index (χ2n) is 6.61. The average molecular weight is 274 g/mol. The molecule has 5 nitrogen and oxygen atoms in total. The van der Waals surface area contributed by atoms with Crippen LogP contribution in [0.4, 0.5) is 0 Å². The number of rotatable bonds is 2. The molecule has 1 aliphatic heterocycles. The standard InChI is InChI=1S/C15H22N4O/c20-14(13-10-9-16-7-4-11(10)18-19-13)17-12-8-15(12)5-2-1-3-6-15/h12,16H,1-9H2,(H,17,20)(H,18,19). The topological polar surface area (TPSA) is 69.8 Å². The van der Waals surface area contributed by atoms with E-state index in [9.17, 15) is 4.79 Å². The van der Waals surface area contributed by atoms with E-state index in [-0.39, 0.29) is 5.91 Å². The molecule has 108 valence electrons. The minimum atomic E-state index is 0.0126. The van der Waals surface area contributed by atoms with Gasteiger partial charge >= 0.3 is 0 Å². The van der Waals surface area contributed by atoms with Gasteiger partial charge < -0.3 is 10.6 Å². The number of hydrogen-bond donors (Lipinski definition) is 3. The maximum Gasteiger partial charge on any atom is 0.272 e. The Morgan fingerprint density at radius 1 is 1.30 bits per heavy atom. The lowest BCUT2D eigenvalue weighted by molar-refractivity contribution is 0.0936. The van der Waals surface area contributed by atoms with Crippen molar-refractivity contribution in [1.29, 1.82) is 0 Å². The van der Waals surface area contributed by atoms with E-state index in [0.717, 1.165) is 30.8 Å². The summed E-state index contributed by atoms with van der Waals surface area (Å²) >= 11 is 0. The fourth-order valence-corrected chi connectivity index (χ4v) is 4.00. The number of nitrogens with zero attached hydrogens (tertiary/aromatic N) is 1. The van der Waals surface area contributed by atoms with Crippen molar-refractivity contribution in [3.63, 3.8) is 0 Å². The maximum absolute atomic E-state index is 12.4. The second kappa shape index (κ2) is 4.58. The van der Waals surface area contributed by atoms with Crippen LogP contribution in [0.1, 0.15) is 60.3 Å². The highest BCUT2D eigenvalue weighted by molar-refractivity contribution is 5.94. The Morgan fingerprint density at radius 2 is 2.15 bits per heavy atom. The van der Waals surface area contributed by atoms with Crippen LogP contribution < -0.4 is 10.6 Å². The van der Waals surface area contributed by atoms with Gasteiger partial charge in [0.15, 0.2) is 5.69 Å². The number of amides is 1. The summed E-state index contributed by atoms with van der Waals surface area (Å²) in [4.78, 5) is 12.4. The van der Waals surface area contributed by atoms with Crippen LogP contribution in [0.25, 0.3) is 0 Å². The first kappa shape index (κ1) is 12.4. The third kappa shape index (κ3) is 1.95. The van der Waals surface area contributed by atoms with Gasteiger partial charge in [-0.3, -0.25) is 9.89 Å². The van der Waals surface area contributed by atoms with Crippen LogP contribution in [0.15, 0.2) is 0 Å². The van der Waals surface area contributed by atoms with E-state index in [1.165, 1.54) is 38.5 Å². The Kier molecular flexibility index (Phi) is 2.84. The Balaban J connectivity index is 1.45. The first-order valence-corrected chi connectivity index (χ1v) is 7.86. The lowest BCUT2D eigenvalue weighted by Gasteiger charge is -2.22. The lowest BCUT2D eigenvalue weighted by atomic mass is 9.86. The number of hydrogen-bond acceptors (Lipinski definition) is 3. The van der Waals surface area contributed by atoms with Gasteiger partial charge in [-0.05, 0) is 24.7 Å². The molecule has 0 saturated heterocycles. The first-order valence-electron chi connectivity index (χ1n) is 7.86. The van der Waals surface area contributed by atoms with Crippen LogP contribution in [0.3, 0.4) is 0 Å². The molecular formula is C15H22N4O. The van der Waals surface area contributed by atoms with E-state index in [1.54, 1.807) is 0 Å². The van der Waals surface area contributed by atoms with Crippen molar-refractivity contribution in [3.05, 3.63) is 17.0 Å². The number of nitrogens with one attached hydrogen (secondary N) is 3. The van der Waals surface area contributed by atoms with Crippen molar-refractivity contribution in [2.45, 2.75) is 57.5 Å². The number of H-pyrrole nitrogens is 1. The van der Waals surface area contributed by atoms with E-state index in [0.29, 0.717) is 17.2 Å². The fourth-order valence-electron chi connectivity index (χ4n) is 4.00. The third-order valence-corrected chi connectivity index (χ3v) is 5.37. The number of carbonyl (C=O) groups is 1. The average Bonchev–Trinajstić information content (AvgIpc) is 2.96. The van der Waals surface area contributed by atoms with Gasteiger partial charge in [0.1, 0.15) is 0 Å². The molecule has 20 heavy (non-hydrogen) atoms. The van der Waals surface area contributed by atoms with Gasteiger partial charge in [-0.2, -0.15) is 5.10 Å². The molecule has 1 amide bonds. The summed E-state index contributed by atoms with van der Waals surface area (Å²) in [7, 11) is 0. The molecule has 0 bridgehead atoms. The molecule has 3 N–H and O–H groups in total. The summed E-state index contributed by atoms with van der Waals surface area (Å²) in [5.74, 6) is 0.0126. The molecule has 5 heteroatoms. The lowest BCUT2D eigenvalue weighted by Crippen LogP contribution is -2.32. The molecule has 1 unspecified atom stereocenters. The predicted octanol–water partition coefficient (Wildman–Crippen LogP) is 1.51. The highest BCUT2D eigenvalue weighted by Crippen LogP contribution is 2.56. The Bertz CT molecular complexity index is 530. The highest BCUT2D eigenvalue weighted by Gasteiger charge is 2.54. The van der Waals surface area contributed by atoms with Crippen molar-refractivity contribution in [2.75, 3.05) is 6.54 Å². The van der Waals surface area contributed by atoms with Crippen LogP contribution in [0.5, 0.6) is 0 Å². The van der Waals surface area contributed by atoms with Gasteiger partial charge in [0.2, 0.25) is 0 Å². The SMILES string of the molecule is O=C(NC1CC12CCCCC2)c1n[nH]c2c1CNCC2. The largest absolute Gasteiger partial charge is 0.347 e. The second-order valence-corrected chi connectivity index (χ2v) is 6.61. The molecule has 0 radical (unpaired) electrons. The maximum atomic E-state index is 12.4. The minimum Gasteiger partial charge on any atom is -0.347 e. The Labute approximate surface area is 118 Å². The van der Waals surface area contributed by atoms with Crippen molar-refractivity contribution >= 4 is 5.91 Å². The molecule has 1 aromatic rings. The fraction of sp³-hybridized carbons (Fsp3) is 0.733. The van der Waals surface area contributed by atoms with Crippen LogP contribution in [-0.2, 0) is 13.0 Å². The summed E-state index contributed by atoms with van der Waals surface area (Å²) in [6.07, 6.45) is 8.70. The molecule has 2 aliphatic carbocycles. The van der Waals surface area contributed by atoms with Gasteiger partial charge in [0.25, 0.3) is 5.91 Å². The van der Waals surface area contributed by atoms with Crippen molar-refractivity contribution in [1.82, 2.24) is 20.8 Å². The number of aromatic nitrogens is 2.